The lowest BCUT2D eigenvalue weighted by atomic mass is 10.1. The summed E-state index contributed by atoms with van der Waals surface area (Å²) >= 11 is 3.43. The van der Waals surface area contributed by atoms with Crippen molar-refractivity contribution >= 4 is 21.6 Å². The van der Waals surface area contributed by atoms with Crippen LogP contribution < -0.4 is 10.1 Å². The van der Waals surface area contributed by atoms with Crippen LogP contribution in [0, 0.1) is 13.8 Å². The summed E-state index contributed by atoms with van der Waals surface area (Å²) in [6.07, 6.45) is 1.69. The number of aromatic nitrogens is 3. The van der Waals surface area contributed by atoms with Crippen molar-refractivity contribution in [2.45, 2.75) is 20.4 Å². The van der Waals surface area contributed by atoms with E-state index in [1.54, 1.807) is 36.7 Å². The van der Waals surface area contributed by atoms with Crippen molar-refractivity contribution in [1.29, 1.82) is 0 Å². The Morgan fingerprint density at radius 3 is 2.56 bits per heavy atom. The zero-order chi connectivity index (χ0) is 19.1. The monoisotopic (exact) mass is 426 g/mol. The molecule has 0 saturated heterocycles. The molecule has 136 valence electrons. The normalized spacial score (nSPS) is 11.2. The van der Waals surface area contributed by atoms with Gasteiger partial charge in [-0.05, 0) is 37.6 Å². The smallest absolute Gasteiger partial charge is 0.354 e. The van der Waals surface area contributed by atoms with E-state index in [4.69, 9.17) is 4.52 Å². The second-order valence-electron chi connectivity index (χ2n) is 6.34. The molecule has 0 amide bonds. The maximum absolute atomic E-state index is 13.1. The lowest BCUT2D eigenvalue weighted by Crippen LogP contribution is -2.41. The molecule has 0 atom stereocenters. The number of aryl methyl sites for hydroxylation is 2. The summed E-state index contributed by atoms with van der Waals surface area (Å²) < 4.78 is 9.44. The SMILES string of the molecule is Cc1noc(C)c1-c1c(O)[n+](Cc2ccc(Br)cc2)c2ccccn2c1=O. The molecule has 7 heteroatoms. The van der Waals surface area contributed by atoms with E-state index in [0.717, 1.165) is 10.0 Å². The van der Waals surface area contributed by atoms with Crippen LogP contribution in [0.1, 0.15) is 17.0 Å². The molecular weight excluding hydrogens is 410 g/mol. The minimum atomic E-state index is -0.315. The predicted octanol–water partition coefficient (Wildman–Crippen LogP) is 3.38. The molecule has 3 aromatic heterocycles. The van der Waals surface area contributed by atoms with Gasteiger partial charge in [-0.3, -0.25) is 0 Å². The summed E-state index contributed by atoms with van der Waals surface area (Å²) in [5, 5.41) is 15.0. The molecule has 0 radical (unpaired) electrons. The molecule has 6 nitrogen and oxygen atoms in total. The zero-order valence-electron chi connectivity index (χ0n) is 14.8. The Hall–Kier alpha value is -2.93. The predicted molar refractivity (Wildman–Crippen MR) is 104 cm³/mol. The minimum absolute atomic E-state index is 0.108. The highest BCUT2D eigenvalue weighted by Crippen LogP contribution is 2.29. The van der Waals surface area contributed by atoms with Gasteiger partial charge in [0.25, 0.3) is 11.5 Å². The Kier molecular flexibility index (Phi) is 4.31. The fourth-order valence-electron chi connectivity index (χ4n) is 3.27. The summed E-state index contributed by atoms with van der Waals surface area (Å²) in [5.41, 5.74) is 2.55. The fraction of sp³-hybridized carbons (Fsp3) is 0.150. The van der Waals surface area contributed by atoms with Gasteiger partial charge in [-0.15, -0.1) is 0 Å². The molecule has 0 aliphatic heterocycles. The van der Waals surface area contributed by atoms with Gasteiger partial charge in [-0.1, -0.05) is 39.3 Å². The molecular formula is C20H17BrN3O3+. The number of pyridine rings is 1. The maximum Gasteiger partial charge on any atom is 0.354 e. The highest BCUT2D eigenvalue weighted by atomic mass is 79.9. The molecule has 0 spiro atoms. The van der Waals surface area contributed by atoms with Crippen molar-refractivity contribution in [3.63, 3.8) is 0 Å². The van der Waals surface area contributed by atoms with Crippen LogP contribution in [0.3, 0.4) is 0 Å². The molecule has 3 heterocycles. The number of hydrogen-bond donors (Lipinski definition) is 1. The molecule has 4 rings (SSSR count). The van der Waals surface area contributed by atoms with Crippen molar-refractivity contribution in [2.75, 3.05) is 0 Å². The summed E-state index contributed by atoms with van der Waals surface area (Å²) in [6, 6.07) is 13.2. The molecule has 0 fully saturated rings. The number of aromatic hydroxyl groups is 1. The summed E-state index contributed by atoms with van der Waals surface area (Å²) in [7, 11) is 0. The van der Waals surface area contributed by atoms with Gasteiger partial charge >= 0.3 is 5.56 Å². The van der Waals surface area contributed by atoms with E-state index in [2.05, 4.69) is 21.1 Å². The van der Waals surface area contributed by atoms with E-state index in [1.165, 1.54) is 4.40 Å². The van der Waals surface area contributed by atoms with Gasteiger partial charge in [0, 0.05) is 10.5 Å². The van der Waals surface area contributed by atoms with Gasteiger partial charge in [-0.2, -0.15) is 8.97 Å². The Labute approximate surface area is 163 Å². The first kappa shape index (κ1) is 17.5. The van der Waals surface area contributed by atoms with Crippen LogP contribution in [-0.4, -0.2) is 14.7 Å². The summed E-state index contributed by atoms with van der Waals surface area (Å²) in [6.45, 7) is 3.89. The van der Waals surface area contributed by atoms with E-state index < -0.39 is 0 Å². The topological polar surface area (TPSA) is 71.6 Å². The van der Waals surface area contributed by atoms with Gasteiger partial charge in [-0.25, -0.2) is 4.79 Å². The van der Waals surface area contributed by atoms with Crippen molar-refractivity contribution in [1.82, 2.24) is 9.56 Å². The molecule has 0 aliphatic carbocycles. The van der Waals surface area contributed by atoms with Crippen molar-refractivity contribution in [3.8, 4) is 17.0 Å². The molecule has 27 heavy (non-hydrogen) atoms. The zero-order valence-corrected chi connectivity index (χ0v) is 16.4. The van der Waals surface area contributed by atoms with Crippen LogP contribution >= 0.6 is 15.9 Å². The summed E-state index contributed by atoms with van der Waals surface area (Å²) in [4.78, 5) is 13.1. The first-order valence-corrected chi connectivity index (χ1v) is 9.20. The van der Waals surface area contributed by atoms with E-state index in [9.17, 15) is 9.90 Å². The Bertz CT molecular complexity index is 1190. The van der Waals surface area contributed by atoms with Crippen LogP contribution in [0.5, 0.6) is 5.88 Å². The van der Waals surface area contributed by atoms with Gasteiger partial charge in [0.15, 0.2) is 5.56 Å². The second kappa shape index (κ2) is 6.66. The Balaban J connectivity index is 2.03. The molecule has 0 bridgehead atoms. The third-order valence-electron chi connectivity index (χ3n) is 4.56. The van der Waals surface area contributed by atoms with Gasteiger partial charge < -0.3 is 9.63 Å². The maximum atomic E-state index is 13.1. The Morgan fingerprint density at radius 2 is 1.89 bits per heavy atom. The number of benzene rings is 1. The van der Waals surface area contributed by atoms with Crippen LogP contribution in [-0.2, 0) is 6.54 Å². The van der Waals surface area contributed by atoms with Crippen molar-refractivity contribution in [3.05, 3.63) is 80.5 Å². The van der Waals surface area contributed by atoms with Gasteiger partial charge in [0.05, 0.1) is 17.5 Å². The molecule has 0 aliphatic rings. The Morgan fingerprint density at radius 1 is 1.15 bits per heavy atom. The highest BCUT2D eigenvalue weighted by molar-refractivity contribution is 9.10. The number of hydrogen-bond acceptors (Lipinski definition) is 4. The van der Waals surface area contributed by atoms with Gasteiger partial charge in [0.1, 0.15) is 12.3 Å². The van der Waals surface area contributed by atoms with E-state index in [0.29, 0.717) is 29.2 Å². The standard InChI is InChI=1S/C20H16BrN3O3/c1-12-17(13(2)27-22-12)18-19(25)23-10-4-3-5-16(23)24(20(18)26)11-14-6-8-15(21)9-7-14/h3-10H,11H2,1-2H3/p+1. The molecule has 0 saturated carbocycles. The lowest BCUT2D eigenvalue weighted by molar-refractivity contribution is -0.671. The highest BCUT2D eigenvalue weighted by Gasteiger charge is 2.29. The van der Waals surface area contributed by atoms with E-state index in [1.807, 2.05) is 30.3 Å². The van der Waals surface area contributed by atoms with Crippen LogP contribution in [0.25, 0.3) is 16.8 Å². The second-order valence-corrected chi connectivity index (χ2v) is 7.26. The summed E-state index contributed by atoms with van der Waals surface area (Å²) in [5.74, 6) is 0.384. The fourth-order valence-corrected chi connectivity index (χ4v) is 3.54. The molecule has 0 unspecified atom stereocenters. The van der Waals surface area contributed by atoms with E-state index in [-0.39, 0.29) is 17.0 Å². The first-order valence-electron chi connectivity index (χ1n) is 8.41. The number of fused-ring (bicyclic) bond motifs is 1. The van der Waals surface area contributed by atoms with E-state index >= 15 is 0 Å². The average Bonchev–Trinajstić information content (AvgIpc) is 2.99. The van der Waals surface area contributed by atoms with Crippen molar-refractivity contribution in [2.24, 2.45) is 0 Å². The van der Waals surface area contributed by atoms with Crippen molar-refractivity contribution < 1.29 is 14.2 Å². The molecule has 1 aromatic carbocycles. The third kappa shape index (κ3) is 2.94. The number of halogens is 1. The minimum Gasteiger partial charge on any atom is -0.477 e. The lowest BCUT2D eigenvalue weighted by Gasteiger charge is -2.10. The molecule has 1 N–H and O–H groups in total. The average molecular weight is 427 g/mol. The number of nitrogens with zero attached hydrogens (tertiary/aromatic N) is 3. The van der Waals surface area contributed by atoms with Crippen LogP contribution in [0.4, 0.5) is 0 Å². The number of rotatable bonds is 3. The van der Waals surface area contributed by atoms with Crippen LogP contribution in [0.2, 0.25) is 0 Å². The first-order chi connectivity index (χ1) is 13.0. The largest absolute Gasteiger partial charge is 0.477 e. The molecule has 4 aromatic rings. The van der Waals surface area contributed by atoms with Gasteiger partial charge in [0.2, 0.25) is 0 Å². The third-order valence-corrected chi connectivity index (χ3v) is 5.09. The quantitative estimate of drug-likeness (QED) is 0.509. The van der Waals surface area contributed by atoms with Crippen LogP contribution in [0.15, 0.2) is 62.5 Å².